The number of aryl methyl sites for hydroxylation is 1. The van der Waals surface area contributed by atoms with Gasteiger partial charge in [-0.25, -0.2) is 19.3 Å². The van der Waals surface area contributed by atoms with E-state index in [0.717, 1.165) is 0 Å². The van der Waals surface area contributed by atoms with Crippen molar-refractivity contribution < 1.29 is 5.11 Å². The van der Waals surface area contributed by atoms with E-state index in [1.54, 1.807) is 31.2 Å². The minimum absolute atomic E-state index is 0.158. The number of aromatic nitrogens is 4. The molecule has 0 spiro atoms. The Hall–Kier alpha value is -3.03. The molecule has 0 radical (unpaired) electrons. The summed E-state index contributed by atoms with van der Waals surface area (Å²) >= 11 is 0. The second-order valence-electron chi connectivity index (χ2n) is 4.65. The largest absolute Gasteiger partial charge is 0.508 e. The third-order valence-corrected chi connectivity index (χ3v) is 3.13. The van der Waals surface area contributed by atoms with Gasteiger partial charge < -0.3 is 16.2 Å². The molecule has 3 rings (SSSR count). The zero-order valence-corrected chi connectivity index (χ0v) is 11.3. The Morgan fingerprint density at radius 3 is 3.05 bits per heavy atom. The Kier molecular flexibility index (Phi) is 2.98. The predicted molar refractivity (Wildman–Crippen MR) is 78.2 cm³/mol. The van der Waals surface area contributed by atoms with Crippen LogP contribution in [0, 0.1) is 6.92 Å². The van der Waals surface area contributed by atoms with Crippen LogP contribution in [-0.4, -0.2) is 24.7 Å². The van der Waals surface area contributed by atoms with E-state index >= 15 is 0 Å². The van der Waals surface area contributed by atoms with Crippen molar-refractivity contribution in [3.8, 4) is 5.75 Å². The molecule has 0 saturated heterocycles. The normalized spacial score (nSPS) is 10.9. The van der Waals surface area contributed by atoms with Gasteiger partial charge in [-0.2, -0.15) is 5.10 Å². The van der Waals surface area contributed by atoms with Crippen molar-refractivity contribution in [2.24, 2.45) is 0 Å². The number of nitrogen functional groups attached to an aromatic ring is 1. The molecular formula is C13H14N6O2. The number of anilines is 2. The van der Waals surface area contributed by atoms with Crippen LogP contribution in [0.5, 0.6) is 5.75 Å². The van der Waals surface area contributed by atoms with E-state index in [1.807, 2.05) is 0 Å². The summed E-state index contributed by atoms with van der Waals surface area (Å²) < 4.78 is 1.38. The number of nitrogens with zero attached hydrogens (tertiary/aromatic N) is 3. The van der Waals surface area contributed by atoms with Gasteiger partial charge in [-0.05, 0) is 25.1 Å². The van der Waals surface area contributed by atoms with Crippen molar-refractivity contribution in [1.29, 1.82) is 0 Å². The third-order valence-electron chi connectivity index (χ3n) is 3.13. The van der Waals surface area contributed by atoms with Crippen molar-refractivity contribution in [1.82, 2.24) is 19.6 Å². The highest BCUT2D eigenvalue weighted by molar-refractivity contribution is 5.52. The van der Waals surface area contributed by atoms with Gasteiger partial charge in [0.05, 0.1) is 0 Å². The molecule has 8 heteroatoms. The molecule has 0 aliphatic rings. The van der Waals surface area contributed by atoms with Crippen molar-refractivity contribution in [3.63, 3.8) is 0 Å². The first kappa shape index (κ1) is 13.0. The standard InChI is InChI=1S/C13H14N6O2/c1-7-16-11(5-12-17-18-13(21)19(7)12)15-6-8-4-9(14)2-3-10(8)20/h2-5,15,20H,6,14H2,1H3,(H,18,21). The Morgan fingerprint density at radius 1 is 1.43 bits per heavy atom. The zero-order chi connectivity index (χ0) is 15.0. The van der Waals surface area contributed by atoms with Crippen LogP contribution in [0.1, 0.15) is 11.4 Å². The monoisotopic (exact) mass is 286 g/mol. The van der Waals surface area contributed by atoms with Gasteiger partial charge in [0.25, 0.3) is 0 Å². The SMILES string of the molecule is Cc1nc(NCc2cc(N)ccc2O)cc2n[nH]c(=O)n12. The molecule has 0 bridgehead atoms. The van der Waals surface area contributed by atoms with Gasteiger partial charge in [0, 0.05) is 23.9 Å². The molecule has 3 aromatic rings. The lowest BCUT2D eigenvalue weighted by Crippen LogP contribution is -2.14. The number of nitrogens with one attached hydrogen (secondary N) is 2. The van der Waals surface area contributed by atoms with Crippen molar-refractivity contribution in [2.45, 2.75) is 13.5 Å². The zero-order valence-electron chi connectivity index (χ0n) is 11.3. The number of aromatic hydroxyl groups is 1. The van der Waals surface area contributed by atoms with Crippen LogP contribution in [-0.2, 0) is 6.54 Å². The Balaban J connectivity index is 1.88. The summed E-state index contributed by atoms with van der Waals surface area (Å²) in [5.41, 5.74) is 7.08. The molecular weight excluding hydrogens is 272 g/mol. The minimum Gasteiger partial charge on any atom is -0.508 e. The van der Waals surface area contributed by atoms with Crippen molar-refractivity contribution in [3.05, 3.63) is 46.1 Å². The van der Waals surface area contributed by atoms with E-state index < -0.39 is 0 Å². The number of rotatable bonds is 3. The first-order chi connectivity index (χ1) is 10.0. The average molecular weight is 286 g/mol. The smallest absolute Gasteiger partial charge is 0.349 e. The Morgan fingerprint density at radius 2 is 2.24 bits per heavy atom. The molecule has 1 aromatic carbocycles. The molecule has 0 fully saturated rings. The number of aromatic amines is 1. The number of benzene rings is 1. The number of H-pyrrole nitrogens is 1. The number of nitrogens with two attached hydrogens (primary N) is 1. The fourth-order valence-electron chi connectivity index (χ4n) is 2.12. The van der Waals surface area contributed by atoms with Crippen LogP contribution >= 0.6 is 0 Å². The molecule has 0 amide bonds. The van der Waals surface area contributed by atoms with E-state index in [-0.39, 0.29) is 11.4 Å². The number of phenols is 1. The lowest BCUT2D eigenvalue weighted by atomic mass is 10.2. The molecule has 108 valence electrons. The van der Waals surface area contributed by atoms with Gasteiger partial charge in [-0.15, -0.1) is 0 Å². The van der Waals surface area contributed by atoms with Gasteiger partial charge in [-0.3, -0.25) is 0 Å². The van der Waals surface area contributed by atoms with Gasteiger partial charge in [-0.1, -0.05) is 0 Å². The van der Waals surface area contributed by atoms with Crippen LogP contribution < -0.4 is 16.7 Å². The summed E-state index contributed by atoms with van der Waals surface area (Å²) in [4.78, 5) is 15.8. The van der Waals surface area contributed by atoms with Crippen molar-refractivity contribution >= 4 is 17.2 Å². The molecule has 8 nitrogen and oxygen atoms in total. The Bertz CT molecular complexity index is 867. The maximum Gasteiger partial charge on any atom is 0.349 e. The Labute approximate surface area is 119 Å². The molecule has 0 aliphatic heterocycles. The van der Waals surface area contributed by atoms with Crippen LogP contribution in [0.25, 0.3) is 5.65 Å². The van der Waals surface area contributed by atoms with Crippen LogP contribution in [0.3, 0.4) is 0 Å². The first-order valence-corrected chi connectivity index (χ1v) is 6.30. The summed E-state index contributed by atoms with van der Waals surface area (Å²) in [6.45, 7) is 2.07. The van der Waals surface area contributed by atoms with E-state index in [1.165, 1.54) is 4.40 Å². The van der Waals surface area contributed by atoms with Crippen molar-refractivity contribution in [2.75, 3.05) is 11.1 Å². The fraction of sp³-hybridized carbons (Fsp3) is 0.154. The highest BCUT2D eigenvalue weighted by atomic mass is 16.3. The molecule has 2 aromatic heterocycles. The minimum atomic E-state index is -0.324. The summed E-state index contributed by atoms with van der Waals surface area (Å²) in [5, 5.41) is 19.1. The molecule has 0 saturated carbocycles. The maximum atomic E-state index is 11.5. The van der Waals surface area contributed by atoms with Crippen LogP contribution in [0.4, 0.5) is 11.5 Å². The molecule has 2 heterocycles. The summed E-state index contributed by atoms with van der Waals surface area (Å²) in [6, 6.07) is 6.51. The first-order valence-electron chi connectivity index (χ1n) is 6.30. The van der Waals surface area contributed by atoms with Gasteiger partial charge >= 0.3 is 5.69 Å². The van der Waals surface area contributed by atoms with Gasteiger partial charge in [0.1, 0.15) is 17.4 Å². The van der Waals surface area contributed by atoms with E-state index in [4.69, 9.17) is 5.73 Å². The predicted octanol–water partition coefficient (Wildman–Crippen LogP) is 0.626. The number of phenolic OH excluding ortho intramolecular Hbond substituents is 1. The van der Waals surface area contributed by atoms with Gasteiger partial charge in [0.2, 0.25) is 0 Å². The van der Waals surface area contributed by atoms with Gasteiger partial charge in [0.15, 0.2) is 5.65 Å². The number of hydrogen-bond acceptors (Lipinski definition) is 6. The molecule has 5 N–H and O–H groups in total. The molecule has 0 atom stereocenters. The van der Waals surface area contributed by atoms with Crippen LogP contribution in [0.2, 0.25) is 0 Å². The molecule has 0 aliphatic carbocycles. The lowest BCUT2D eigenvalue weighted by Gasteiger charge is -2.09. The topological polar surface area (TPSA) is 121 Å². The second kappa shape index (κ2) is 4.82. The maximum absolute atomic E-state index is 11.5. The van der Waals surface area contributed by atoms with E-state index in [2.05, 4.69) is 20.5 Å². The quantitative estimate of drug-likeness (QED) is 0.414. The molecule has 21 heavy (non-hydrogen) atoms. The number of fused-ring (bicyclic) bond motifs is 1. The van der Waals surface area contributed by atoms with Crippen LogP contribution in [0.15, 0.2) is 29.1 Å². The lowest BCUT2D eigenvalue weighted by molar-refractivity contribution is 0.469. The third kappa shape index (κ3) is 2.38. The highest BCUT2D eigenvalue weighted by Gasteiger charge is 2.07. The average Bonchev–Trinajstić information content (AvgIpc) is 2.82. The number of hydrogen-bond donors (Lipinski definition) is 4. The molecule has 0 unspecified atom stereocenters. The van der Waals surface area contributed by atoms with E-state index in [9.17, 15) is 9.90 Å². The summed E-state index contributed by atoms with van der Waals surface area (Å²) in [7, 11) is 0. The van der Waals surface area contributed by atoms with E-state index in [0.29, 0.717) is 35.1 Å². The second-order valence-corrected chi connectivity index (χ2v) is 4.65. The highest BCUT2D eigenvalue weighted by Crippen LogP contribution is 2.20. The fourth-order valence-corrected chi connectivity index (χ4v) is 2.12. The summed E-state index contributed by atoms with van der Waals surface area (Å²) in [6.07, 6.45) is 0. The summed E-state index contributed by atoms with van der Waals surface area (Å²) in [5.74, 6) is 1.23.